The molecule has 6 aliphatic rings. The number of hydrogen-bond acceptors (Lipinski definition) is 5. The zero-order valence-electron chi connectivity index (χ0n) is 21.7. The number of thioether (sulfide) groups is 1. The summed E-state index contributed by atoms with van der Waals surface area (Å²) in [5, 5.41) is 6.41. The summed E-state index contributed by atoms with van der Waals surface area (Å²) in [6.45, 7) is 3.61. The summed E-state index contributed by atoms with van der Waals surface area (Å²) in [7, 11) is 0. The van der Waals surface area contributed by atoms with Crippen molar-refractivity contribution < 1.29 is 14.4 Å². The van der Waals surface area contributed by atoms with Crippen LogP contribution in [0, 0.1) is 30.1 Å². The number of hydrogen-bond donors (Lipinski definition) is 2. The van der Waals surface area contributed by atoms with E-state index in [4.69, 9.17) is 0 Å². The minimum atomic E-state index is -0.579. The van der Waals surface area contributed by atoms with Crippen LogP contribution in [0.4, 0.5) is 0 Å². The van der Waals surface area contributed by atoms with Gasteiger partial charge >= 0.3 is 0 Å². The summed E-state index contributed by atoms with van der Waals surface area (Å²) in [4.78, 5) is 39.8. The zero-order chi connectivity index (χ0) is 25.8. The van der Waals surface area contributed by atoms with Crippen molar-refractivity contribution in [3.63, 3.8) is 0 Å². The Bertz CT molecular complexity index is 1390. The third-order valence-electron chi connectivity index (χ3n) is 11.1. The van der Waals surface area contributed by atoms with Crippen molar-refractivity contribution in [1.29, 1.82) is 0 Å². The van der Waals surface area contributed by atoms with Crippen LogP contribution in [-0.2, 0) is 28.4 Å². The van der Waals surface area contributed by atoms with E-state index in [2.05, 4.69) is 41.8 Å². The van der Waals surface area contributed by atoms with Gasteiger partial charge in [-0.1, -0.05) is 24.3 Å². The van der Waals surface area contributed by atoms with E-state index in [-0.39, 0.29) is 24.1 Å². The quantitative estimate of drug-likeness (QED) is 0.414. The van der Waals surface area contributed by atoms with E-state index < -0.39 is 6.04 Å². The molecular weight excluding hydrogens is 494 g/mol. The van der Waals surface area contributed by atoms with Gasteiger partial charge in [0.05, 0.1) is 0 Å². The van der Waals surface area contributed by atoms with Gasteiger partial charge in [-0.25, -0.2) is 0 Å². The Hall–Kier alpha value is -2.64. The normalized spacial score (nSPS) is 35.7. The number of benzene rings is 2. The Morgan fingerprint density at radius 2 is 1.89 bits per heavy atom. The molecule has 3 unspecified atom stereocenters. The number of fused-ring (bicyclic) bond motifs is 1. The predicted molar refractivity (Wildman–Crippen MR) is 144 cm³/mol. The average Bonchev–Trinajstić information content (AvgIpc) is 3.18. The first-order valence-electron chi connectivity index (χ1n) is 14.1. The smallest absolute Gasteiger partial charge is 0.255 e. The second-order valence-corrected chi connectivity index (χ2v) is 13.6. The maximum absolute atomic E-state index is 13.1. The number of piperidine rings is 1. The summed E-state index contributed by atoms with van der Waals surface area (Å²) >= 11 is 1.75. The number of rotatable bonds is 7. The highest BCUT2D eigenvalue weighted by molar-refractivity contribution is 7.98. The molecule has 2 aromatic carbocycles. The van der Waals surface area contributed by atoms with Crippen molar-refractivity contribution in [3.8, 4) is 0 Å². The van der Waals surface area contributed by atoms with Crippen LogP contribution in [-0.4, -0.2) is 34.2 Å². The van der Waals surface area contributed by atoms with Gasteiger partial charge in [-0.15, -0.1) is 11.8 Å². The lowest BCUT2D eigenvalue weighted by molar-refractivity contribution is -0.397. The van der Waals surface area contributed by atoms with E-state index in [0.717, 1.165) is 40.5 Å². The van der Waals surface area contributed by atoms with Gasteiger partial charge in [0.25, 0.3) is 5.91 Å². The second-order valence-electron chi connectivity index (χ2n) is 12.6. The molecule has 3 atom stereocenters. The Balaban J connectivity index is 0.925. The SMILES string of the molecule is Cc1cc(CSc2cccc3c2CN(C2CCC(=O)NC2=O)C3=O)ccc1CNC12CC3CC4CC(C1)C432. The molecule has 6 nitrogen and oxygen atoms in total. The van der Waals surface area contributed by atoms with Gasteiger partial charge in [-0.3, -0.25) is 19.7 Å². The molecule has 4 saturated carbocycles. The number of carbonyl (C=O) groups excluding carboxylic acids is 3. The molecule has 5 fully saturated rings. The minimum Gasteiger partial charge on any atom is -0.322 e. The Morgan fingerprint density at radius 1 is 1.08 bits per heavy atom. The number of nitrogens with one attached hydrogen (secondary N) is 2. The molecular formula is C31H33N3O3S. The first kappa shape index (κ1) is 23.3. The van der Waals surface area contributed by atoms with E-state index in [1.165, 1.54) is 42.4 Å². The highest BCUT2D eigenvalue weighted by Gasteiger charge is 2.87. The minimum absolute atomic E-state index is 0.116. The molecule has 4 aliphatic carbocycles. The lowest BCUT2D eigenvalue weighted by atomic mass is 9.15. The fraction of sp³-hybridized carbons (Fsp3) is 0.516. The molecule has 196 valence electrons. The summed E-state index contributed by atoms with van der Waals surface area (Å²) in [6, 6.07) is 12.1. The second kappa shape index (κ2) is 7.95. The maximum atomic E-state index is 13.1. The molecule has 2 heterocycles. The summed E-state index contributed by atoms with van der Waals surface area (Å²) in [6.07, 6.45) is 6.46. The maximum Gasteiger partial charge on any atom is 0.255 e. The van der Waals surface area contributed by atoms with Gasteiger partial charge in [-0.2, -0.15) is 0 Å². The van der Waals surface area contributed by atoms with Crippen molar-refractivity contribution in [1.82, 2.24) is 15.5 Å². The number of nitrogens with zero attached hydrogens (tertiary/aromatic N) is 1. The molecule has 38 heavy (non-hydrogen) atoms. The van der Waals surface area contributed by atoms with Crippen molar-refractivity contribution in [2.75, 3.05) is 0 Å². The highest BCUT2D eigenvalue weighted by Crippen LogP contribution is 2.89. The number of imide groups is 1. The zero-order valence-corrected chi connectivity index (χ0v) is 22.5. The van der Waals surface area contributed by atoms with Crippen molar-refractivity contribution in [2.45, 2.75) is 80.8 Å². The molecule has 2 aromatic rings. The van der Waals surface area contributed by atoms with E-state index in [1.807, 2.05) is 12.1 Å². The van der Waals surface area contributed by atoms with Crippen LogP contribution >= 0.6 is 11.8 Å². The molecule has 2 aliphatic heterocycles. The monoisotopic (exact) mass is 527 g/mol. The molecule has 0 aromatic heterocycles. The Labute approximate surface area is 227 Å². The van der Waals surface area contributed by atoms with Crippen LogP contribution < -0.4 is 10.6 Å². The van der Waals surface area contributed by atoms with Crippen LogP contribution in [0.25, 0.3) is 0 Å². The van der Waals surface area contributed by atoms with Crippen molar-refractivity contribution >= 4 is 29.5 Å². The Morgan fingerprint density at radius 3 is 2.61 bits per heavy atom. The van der Waals surface area contributed by atoms with Gasteiger partial charge in [0.15, 0.2) is 0 Å². The summed E-state index contributed by atoms with van der Waals surface area (Å²) in [5.41, 5.74) is 6.85. The molecule has 8 rings (SSSR count). The first-order valence-corrected chi connectivity index (χ1v) is 15.1. The lowest BCUT2D eigenvalue weighted by Gasteiger charge is -2.91. The number of aryl methyl sites for hydroxylation is 1. The topological polar surface area (TPSA) is 78.5 Å². The predicted octanol–water partition coefficient (Wildman–Crippen LogP) is 4.33. The molecule has 1 saturated heterocycles. The summed E-state index contributed by atoms with van der Waals surface area (Å²) < 4.78 is 0. The van der Waals surface area contributed by atoms with Crippen molar-refractivity contribution in [3.05, 3.63) is 64.2 Å². The van der Waals surface area contributed by atoms with E-state index >= 15 is 0 Å². The van der Waals surface area contributed by atoms with Crippen molar-refractivity contribution in [2.24, 2.45) is 23.2 Å². The third kappa shape index (κ3) is 2.92. The molecule has 2 N–H and O–H groups in total. The molecule has 0 bridgehead atoms. The third-order valence-corrected chi connectivity index (χ3v) is 12.3. The van der Waals surface area contributed by atoms with Gasteiger partial charge < -0.3 is 10.2 Å². The van der Waals surface area contributed by atoms with Crippen LogP contribution in [0.15, 0.2) is 41.3 Å². The van der Waals surface area contributed by atoms with Gasteiger partial charge in [0, 0.05) is 41.3 Å². The van der Waals surface area contributed by atoms with Gasteiger partial charge in [-0.05, 0) is 96.6 Å². The molecule has 1 spiro atoms. The average molecular weight is 528 g/mol. The van der Waals surface area contributed by atoms with Crippen LogP contribution in [0.5, 0.6) is 0 Å². The molecule has 0 radical (unpaired) electrons. The summed E-state index contributed by atoms with van der Waals surface area (Å²) in [5.74, 6) is 3.17. The number of amides is 3. The standard InChI is InChI=1S/C31H33N3O3S/c1-17-9-18(5-6-19(17)14-32-30-12-21-10-20-11-22(13-30)31(20,21)30)16-38-26-4-2-3-23-24(26)15-34(29(23)37)25-7-8-27(35)33-28(25)36/h2-6,9,20-22,25,32H,7-8,10-16H2,1H3,(H,33,35,36). The highest BCUT2D eigenvalue weighted by atomic mass is 32.2. The fourth-order valence-corrected chi connectivity index (χ4v) is 10.4. The van der Waals surface area contributed by atoms with Crippen LogP contribution in [0.3, 0.4) is 0 Å². The first-order chi connectivity index (χ1) is 18.4. The van der Waals surface area contributed by atoms with Gasteiger partial charge in [0.1, 0.15) is 6.04 Å². The lowest BCUT2D eigenvalue weighted by Crippen LogP contribution is -2.92. The van der Waals surface area contributed by atoms with E-state index in [9.17, 15) is 14.4 Å². The van der Waals surface area contributed by atoms with Crippen LogP contribution in [0.1, 0.15) is 71.1 Å². The van der Waals surface area contributed by atoms with Crippen LogP contribution in [0.2, 0.25) is 0 Å². The van der Waals surface area contributed by atoms with E-state index in [0.29, 0.717) is 29.5 Å². The van der Waals surface area contributed by atoms with Gasteiger partial charge in [0.2, 0.25) is 11.8 Å². The Kier molecular flexibility index (Phi) is 4.87. The molecule has 7 heteroatoms. The number of carbonyl (C=O) groups is 3. The van der Waals surface area contributed by atoms with E-state index in [1.54, 1.807) is 16.7 Å². The largest absolute Gasteiger partial charge is 0.322 e. The molecule has 3 amide bonds. The fourth-order valence-electron chi connectivity index (χ4n) is 9.40.